The molecule has 2 heteroatoms. The lowest BCUT2D eigenvalue weighted by molar-refractivity contribution is 0.338. The van der Waals surface area contributed by atoms with Gasteiger partial charge in [0.25, 0.3) is 0 Å². The van der Waals surface area contributed by atoms with Gasteiger partial charge >= 0.3 is 0 Å². The summed E-state index contributed by atoms with van der Waals surface area (Å²) >= 11 is 0. The summed E-state index contributed by atoms with van der Waals surface area (Å²) in [7, 11) is 2.22. The second-order valence-corrected chi connectivity index (χ2v) is 3.68. The Morgan fingerprint density at radius 1 is 1.07 bits per heavy atom. The first-order valence-corrected chi connectivity index (χ1v) is 6.28. The van der Waals surface area contributed by atoms with Crippen LogP contribution in [0.2, 0.25) is 0 Å². The van der Waals surface area contributed by atoms with Crippen LogP contribution >= 0.6 is 0 Å². The van der Waals surface area contributed by atoms with Crippen LogP contribution in [0, 0.1) is 5.92 Å². The fraction of sp³-hybridized carbons (Fsp3) is 1.00. The van der Waals surface area contributed by atoms with Crippen LogP contribution in [0.5, 0.6) is 0 Å². The van der Waals surface area contributed by atoms with Gasteiger partial charge in [-0.15, -0.1) is 0 Å². The van der Waals surface area contributed by atoms with Crippen molar-refractivity contribution in [3.05, 3.63) is 0 Å². The molecular formula is C12H28N2. The summed E-state index contributed by atoms with van der Waals surface area (Å²) in [4.78, 5) is 2.44. The van der Waals surface area contributed by atoms with Gasteiger partial charge in [-0.2, -0.15) is 0 Å². The van der Waals surface area contributed by atoms with E-state index in [-0.39, 0.29) is 0 Å². The highest BCUT2D eigenvalue weighted by atomic mass is 15.2. The highest BCUT2D eigenvalue weighted by molar-refractivity contribution is 4.90. The fourth-order valence-corrected chi connectivity index (χ4v) is 2.26. The monoisotopic (exact) mass is 200 g/mol. The maximum Gasteiger partial charge on any atom is 0.0235 e. The number of likely N-dealkylation sites (tertiary alicyclic amines) is 1. The predicted octanol–water partition coefficient (Wildman–Crippen LogP) is 2.35. The van der Waals surface area contributed by atoms with Crippen molar-refractivity contribution in [1.82, 2.24) is 10.2 Å². The first-order valence-electron chi connectivity index (χ1n) is 6.28. The number of nitrogens with zero attached hydrogens (tertiary/aromatic N) is 1. The van der Waals surface area contributed by atoms with Crippen LogP contribution in [0.3, 0.4) is 0 Å². The third kappa shape index (κ3) is 3.97. The normalized spacial score (nSPS) is 30.6. The van der Waals surface area contributed by atoms with E-state index in [1.165, 1.54) is 32.5 Å². The van der Waals surface area contributed by atoms with E-state index in [1.807, 2.05) is 27.7 Å². The lowest BCUT2D eigenvalue weighted by Crippen LogP contribution is -2.40. The summed E-state index contributed by atoms with van der Waals surface area (Å²) in [5.41, 5.74) is 0. The maximum atomic E-state index is 3.57. The Kier molecular flexibility index (Phi) is 8.20. The molecule has 0 bridgehead atoms. The molecule has 2 atom stereocenters. The Bertz CT molecular complexity index is 111. The van der Waals surface area contributed by atoms with Crippen LogP contribution < -0.4 is 5.32 Å². The molecule has 14 heavy (non-hydrogen) atoms. The molecule has 2 aliphatic heterocycles. The molecule has 2 rings (SSSR count). The van der Waals surface area contributed by atoms with Gasteiger partial charge in [-0.1, -0.05) is 27.7 Å². The van der Waals surface area contributed by atoms with Gasteiger partial charge in [-0.05, 0) is 32.4 Å². The standard InChI is InChI=1S/C8H16N2.2C2H6/c1-10-5-7-3-2-4-9-8(7)6-10;2*1-2/h7-9H,2-6H2,1H3;2*1-2H3. The molecule has 0 aromatic carbocycles. The lowest BCUT2D eigenvalue weighted by Gasteiger charge is -2.24. The van der Waals surface area contributed by atoms with Gasteiger partial charge in [0, 0.05) is 19.1 Å². The average Bonchev–Trinajstić information content (AvgIpc) is 2.64. The molecule has 0 aliphatic carbocycles. The first kappa shape index (κ1) is 13.9. The van der Waals surface area contributed by atoms with E-state index in [0.29, 0.717) is 0 Å². The van der Waals surface area contributed by atoms with Crippen molar-refractivity contribution < 1.29 is 0 Å². The molecule has 0 aromatic rings. The maximum absolute atomic E-state index is 3.57. The minimum Gasteiger partial charge on any atom is -0.312 e. The van der Waals surface area contributed by atoms with Gasteiger partial charge in [0.1, 0.15) is 0 Å². The molecule has 0 aromatic heterocycles. The summed E-state index contributed by atoms with van der Waals surface area (Å²) in [6, 6.07) is 0.818. The molecule has 0 amide bonds. The number of fused-ring (bicyclic) bond motifs is 1. The third-order valence-corrected chi connectivity index (χ3v) is 2.78. The SMILES string of the molecule is CC.CC.CN1CC2CCCNC2C1. The largest absolute Gasteiger partial charge is 0.312 e. The molecular weight excluding hydrogens is 172 g/mol. The number of nitrogens with one attached hydrogen (secondary N) is 1. The Labute approximate surface area is 90.1 Å². The number of hydrogen-bond donors (Lipinski definition) is 1. The molecule has 2 fully saturated rings. The van der Waals surface area contributed by atoms with Gasteiger partial charge in [-0.25, -0.2) is 0 Å². The Morgan fingerprint density at radius 3 is 2.29 bits per heavy atom. The number of hydrogen-bond acceptors (Lipinski definition) is 2. The van der Waals surface area contributed by atoms with Crippen molar-refractivity contribution in [2.45, 2.75) is 46.6 Å². The van der Waals surface area contributed by atoms with Gasteiger partial charge < -0.3 is 10.2 Å². The number of likely N-dealkylation sites (N-methyl/N-ethyl adjacent to an activating group) is 1. The zero-order valence-corrected chi connectivity index (χ0v) is 10.6. The van der Waals surface area contributed by atoms with E-state index >= 15 is 0 Å². The molecule has 2 aliphatic rings. The van der Waals surface area contributed by atoms with Crippen LogP contribution in [0.1, 0.15) is 40.5 Å². The Morgan fingerprint density at radius 2 is 1.71 bits per heavy atom. The molecule has 2 unspecified atom stereocenters. The molecule has 0 spiro atoms. The van der Waals surface area contributed by atoms with Crippen molar-refractivity contribution in [2.75, 3.05) is 26.7 Å². The molecule has 1 N–H and O–H groups in total. The van der Waals surface area contributed by atoms with Crippen molar-refractivity contribution in [1.29, 1.82) is 0 Å². The third-order valence-electron chi connectivity index (χ3n) is 2.78. The molecule has 0 radical (unpaired) electrons. The van der Waals surface area contributed by atoms with Crippen LogP contribution in [-0.4, -0.2) is 37.6 Å². The average molecular weight is 200 g/mol. The highest BCUT2D eigenvalue weighted by Crippen LogP contribution is 2.23. The Hall–Kier alpha value is -0.0800. The van der Waals surface area contributed by atoms with E-state index in [9.17, 15) is 0 Å². The molecule has 86 valence electrons. The van der Waals surface area contributed by atoms with Crippen LogP contribution in [0.15, 0.2) is 0 Å². The summed E-state index contributed by atoms with van der Waals surface area (Å²) in [5.74, 6) is 0.957. The van der Waals surface area contributed by atoms with Gasteiger partial charge in [-0.3, -0.25) is 0 Å². The van der Waals surface area contributed by atoms with Crippen LogP contribution in [0.4, 0.5) is 0 Å². The van der Waals surface area contributed by atoms with E-state index in [1.54, 1.807) is 0 Å². The molecule has 2 saturated heterocycles. The molecule has 2 heterocycles. The topological polar surface area (TPSA) is 15.3 Å². The summed E-state index contributed by atoms with van der Waals surface area (Å²) in [5, 5.41) is 3.57. The van der Waals surface area contributed by atoms with E-state index in [2.05, 4.69) is 17.3 Å². The minimum absolute atomic E-state index is 0.818. The van der Waals surface area contributed by atoms with Crippen molar-refractivity contribution >= 4 is 0 Å². The van der Waals surface area contributed by atoms with Crippen molar-refractivity contribution in [2.24, 2.45) is 5.92 Å². The van der Waals surface area contributed by atoms with Gasteiger partial charge in [0.15, 0.2) is 0 Å². The summed E-state index contributed by atoms with van der Waals surface area (Å²) < 4.78 is 0. The van der Waals surface area contributed by atoms with E-state index in [0.717, 1.165) is 12.0 Å². The first-order chi connectivity index (χ1) is 6.86. The zero-order valence-electron chi connectivity index (χ0n) is 10.6. The zero-order chi connectivity index (χ0) is 11.0. The smallest absolute Gasteiger partial charge is 0.0235 e. The van der Waals surface area contributed by atoms with E-state index in [4.69, 9.17) is 0 Å². The van der Waals surface area contributed by atoms with Crippen molar-refractivity contribution in [3.8, 4) is 0 Å². The van der Waals surface area contributed by atoms with Gasteiger partial charge in [0.2, 0.25) is 0 Å². The molecule has 0 saturated carbocycles. The second kappa shape index (κ2) is 8.25. The minimum atomic E-state index is 0.818. The quantitative estimate of drug-likeness (QED) is 0.646. The van der Waals surface area contributed by atoms with Crippen molar-refractivity contribution in [3.63, 3.8) is 0 Å². The summed E-state index contributed by atoms with van der Waals surface area (Å²) in [6.07, 6.45) is 2.83. The molecule has 2 nitrogen and oxygen atoms in total. The number of piperidine rings is 1. The predicted molar refractivity (Wildman–Crippen MR) is 64.7 cm³/mol. The lowest BCUT2D eigenvalue weighted by atomic mass is 9.94. The van der Waals surface area contributed by atoms with Crippen LogP contribution in [-0.2, 0) is 0 Å². The highest BCUT2D eigenvalue weighted by Gasteiger charge is 2.31. The Balaban J connectivity index is 0.000000379. The fourth-order valence-electron chi connectivity index (χ4n) is 2.26. The number of rotatable bonds is 0. The van der Waals surface area contributed by atoms with E-state index < -0.39 is 0 Å². The summed E-state index contributed by atoms with van der Waals surface area (Å²) in [6.45, 7) is 11.8. The van der Waals surface area contributed by atoms with Crippen LogP contribution in [0.25, 0.3) is 0 Å². The second-order valence-electron chi connectivity index (χ2n) is 3.68. The van der Waals surface area contributed by atoms with Gasteiger partial charge in [0.05, 0.1) is 0 Å².